The first-order valence-electron chi connectivity index (χ1n) is 9.85. The van der Waals surface area contributed by atoms with Gasteiger partial charge in [0.05, 0.1) is 13.7 Å². The maximum absolute atomic E-state index is 12.2. The van der Waals surface area contributed by atoms with E-state index in [-0.39, 0.29) is 5.91 Å². The number of carbonyl (C=O) groups is 1. The van der Waals surface area contributed by atoms with Crippen LogP contribution in [-0.4, -0.2) is 49.7 Å². The van der Waals surface area contributed by atoms with Crippen molar-refractivity contribution < 1.29 is 14.3 Å². The number of hydrogen-bond acceptors (Lipinski definition) is 4. The number of aromatic nitrogens is 1. The van der Waals surface area contributed by atoms with Crippen LogP contribution in [-0.2, 0) is 11.3 Å². The largest absolute Gasteiger partial charge is 0.497 e. The van der Waals surface area contributed by atoms with Gasteiger partial charge in [-0.25, -0.2) is 0 Å². The number of anilines is 1. The highest BCUT2D eigenvalue weighted by Gasteiger charge is 2.06. The number of methoxy groups -OCH3 is 1. The van der Waals surface area contributed by atoms with Crippen LogP contribution in [0.15, 0.2) is 54.7 Å². The predicted octanol–water partition coefficient (Wildman–Crippen LogP) is 4.01. The van der Waals surface area contributed by atoms with Crippen molar-refractivity contribution >= 4 is 22.5 Å². The first kappa shape index (κ1) is 20.7. The standard InChI is InChI=1S/C23H29N3O3/c1-25(2)14-15-26-13-12-18-17-19(6-11-22(18)26)24-23(27)5-4-16-29-21-9-7-20(28-3)8-10-21/h6-13,17H,4-5,14-16H2,1-3H3,(H,24,27). The minimum atomic E-state index is -0.00489. The molecule has 0 spiro atoms. The Kier molecular flexibility index (Phi) is 7.14. The molecule has 0 radical (unpaired) electrons. The van der Waals surface area contributed by atoms with Crippen molar-refractivity contribution in [2.24, 2.45) is 0 Å². The molecule has 3 rings (SSSR count). The molecule has 0 bridgehead atoms. The molecular formula is C23H29N3O3. The molecule has 1 N–H and O–H groups in total. The summed E-state index contributed by atoms with van der Waals surface area (Å²) in [5, 5.41) is 4.11. The molecule has 154 valence electrons. The van der Waals surface area contributed by atoms with Gasteiger partial charge in [-0.3, -0.25) is 4.79 Å². The number of fused-ring (bicyclic) bond motifs is 1. The van der Waals surface area contributed by atoms with Crippen molar-refractivity contribution in [3.8, 4) is 11.5 Å². The van der Waals surface area contributed by atoms with E-state index in [9.17, 15) is 4.79 Å². The van der Waals surface area contributed by atoms with Gasteiger partial charge in [0.25, 0.3) is 0 Å². The highest BCUT2D eigenvalue weighted by molar-refractivity contribution is 5.93. The van der Waals surface area contributed by atoms with Crippen molar-refractivity contribution in [3.63, 3.8) is 0 Å². The third kappa shape index (κ3) is 5.99. The van der Waals surface area contributed by atoms with Gasteiger partial charge in [0.15, 0.2) is 0 Å². The SMILES string of the molecule is COc1ccc(OCCCC(=O)Nc2ccc3c(ccn3CCN(C)C)c2)cc1. The van der Waals surface area contributed by atoms with Crippen LogP contribution in [0.1, 0.15) is 12.8 Å². The van der Waals surface area contributed by atoms with E-state index < -0.39 is 0 Å². The molecule has 1 aromatic heterocycles. The van der Waals surface area contributed by atoms with Gasteiger partial charge in [-0.05, 0) is 69.0 Å². The van der Waals surface area contributed by atoms with Gasteiger partial charge in [0, 0.05) is 42.3 Å². The molecule has 0 aliphatic heterocycles. The number of nitrogens with one attached hydrogen (secondary N) is 1. The van der Waals surface area contributed by atoms with Crippen LogP contribution in [0.4, 0.5) is 5.69 Å². The Hall–Kier alpha value is -2.99. The number of hydrogen-bond donors (Lipinski definition) is 1. The minimum absolute atomic E-state index is 0.00489. The van der Waals surface area contributed by atoms with E-state index in [1.807, 2.05) is 36.4 Å². The number of nitrogens with zero attached hydrogens (tertiary/aromatic N) is 2. The van der Waals surface area contributed by atoms with E-state index >= 15 is 0 Å². The number of benzene rings is 2. The van der Waals surface area contributed by atoms with Gasteiger partial charge in [-0.1, -0.05) is 0 Å². The maximum atomic E-state index is 12.2. The number of rotatable bonds is 10. The fraction of sp³-hybridized carbons (Fsp3) is 0.348. The van der Waals surface area contributed by atoms with Crippen molar-refractivity contribution in [1.29, 1.82) is 0 Å². The Bertz CT molecular complexity index is 932. The van der Waals surface area contributed by atoms with E-state index in [1.165, 1.54) is 5.52 Å². The number of amides is 1. The fourth-order valence-electron chi connectivity index (χ4n) is 3.10. The van der Waals surface area contributed by atoms with E-state index in [0.29, 0.717) is 19.4 Å². The normalized spacial score (nSPS) is 11.0. The van der Waals surface area contributed by atoms with E-state index in [1.54, 1.807) is 7.11 Å². The van der Waals surface area contributed by atoms with Crippen LogP contribution in [0, 0.1) is 0 Å². The number of carbonyl (C=O) groups excluding carboxylic acids is 1. The molecule has 0 aliphatic carbocycles. The smallest absolute Gasteiger partial charge is 0.224 e. The van der Waals surface area contributed by atoms with Gasteiger partial charge in [0.1, 0.15) is 11.5 Å². The van der Waals surface area contributed by atoms with E-state index in [2.05, 4.69) is 47.2 Å². The number of ether oxygens (including phenoxy) is 2. The zero-order valence-corrected chi connectivity index (χ0v) is 17.4. The van der Waals surface area contributed by atoms with Gasteiger partial charge in [0.2, 0.25) is 5.91 Å². The molecule has 3 aromatic rings. The van der Waals surface area contributed by atoms with Crippen molar-refractivity contribution in [2.75, 3.05) is 39.7 Å². The summed E-state index contributed by atoms with van der Waals surface area (Å²) in [6.45, 7) is 2.42. The summed E-state index contributed by atoms with van der Waals surface area (Å²) in [6, 6.07) is 15.6. The first-order chi connectivity index (χ1) is 14.0. The molecule has 29 heavy (non-hydrogen) atoms. The summed E-state index contributed by atoms with van der Waals surface area (Å²) in [7, 11) is 5.77. The molecule has 2 aromatic carbocycles. The van der Waals surface area contributed by atoms with Crippen LogP contribution < -0.4 is 14.8 Å². The average Bonchev–Trinajstić information content (AvgIpc) is 3.12. The third-order valence-corrected chi connectivity index (χ3v) is 4.72. The first-order valence-corrected chi connectivity index (χ1v) is 9.85. The fourth-order valence-corrected chi connectivity index (χ4v) is 3.10. The molecule has 0 saturated heterocycles. The molecule has 0 saturated carbocycles. The van der Waals surface area contributed by atoms with Crippen LogP contribution in [0.5, 0.6) is 11.5 Å². The molecule has 6 nitrogen and oxygen atoms in total. The lowest BCUT2D eigenvalue weighted by atomic mass is 10.2. The van der Waals surface area contributed by atoms with Gasteiger partial charge < -0.3 is 24.3 Å². The number of likely N-dealkylation sites (N-methyl/N-ethyl adjacent to an activating group) is 1. The van der Waals surface area contributed by atoms with E-state index in [0.717, 1.165) is 35.7 Å². The average molecular weight is 396 g/mol. The summed E-state index contributed by atoms with van der Waals surface area (Å²) in [4.78, 5) is 14.4. The van der Waals surface area contributed by atoms with Crippen LogP contribution in [0.2, 0.25) is 0 Å². The Morgan fingerprint density at radius 3 is 2.55 bits per heavy atom. The lowest BCUT2D eigenvalue weighted by Gasteiger charge is -2.11. The molecular weight excluding hydrogens is 366 g/mol. The van der Waals surface area contributed by atoms with E-state index in [4.69, 9.17) is 9.47 Å². The zero-order chi connectivity index (χ0) is 20.6. The van der Waals surface area contributed by atoms with Crippen LogP contribution >= 0.6 is 0 Å². The quantitative estimate of drug-likeness (QED) is 0.527. The van der Waals surface area contributed by atoms with Gasteiger partial charge >= 0.3 is 0 Å². The Labute approximate surface area is 172 Å². The maximum Gasteiger partial charge on any atom is 0.224 e. The Morgan fingerprint density at radius 2 is 1.83 bits per heavy atom. The highest BCUT2D eigenvalue weighted by atomic mass is 16.5. The van der Waals surface area contributed by atoms with Crippen molar-refractivity contribution in [2.45, 2.75) is 19.4 Å². The molecule has 6 heteroatoms. The summed E-state index contributed by atoms with van der Waals surface area (Å²) < 4.78 is 13.0. The predicted molar refractivity (Wildman–Crippen MR) is 117 cm³/mol. The monoisotopic (exact) mass is 395 g/mol. The summed E-state index contributed by atoms with van der Waals surface area (Å²) in [5.41, 5.74) is 2.00. The second-order valence-corrected chi connectivity index (χ2v) is 7.26. The van der Waals surface area contributed by atoms with Crippen LogP contribution in [0.3, 0.4) is 0 Å². The molecule has 1 heterocycles. The minimum Gasteiger partial charge on any atom is -0.497 e. The summed E-state index contributed by atoms with van der Waals surface area (Å²) in [5.74, 6) is 1.56. The highest BCUT2D eigenvalue weighted by Crippen LogP contribution is 2.21. The lowest BCUT2D eigenvalue weighted by Crippen LogP contribution is -2.17. The Balaban J connectivity index is 1.45. The van der Waals surface area contributed by atoms with Crippen molar-refractivity contribution in [3.05, 3.63) is 54.7 Å². The van der Waals surface area contributed by atoms with Crippen LogP contribution in [0.25, 0.3) is 10.9 Å². The topological polar surface area (TPSA) is 55.7 Å². The molecule has 0 unspecified atom stereocenters. The molecule has 0 aliphatic rings. The van der Waals surface area contributed by atoms with Gasteiger partial charge in [-0.15, -0.1) is 0 Å². The third-order valence-electron chi connectivity index (χ3n) is 4.72. The summed E-state index contributed by atoms with van der Waals surface area (Å²) >= 11 is 0. The zero-order valence-electron chi connectivity index (χ0n) is 17.4. The second kappa shape index (κ2) is 9.98. The molecule has 1 amide bonds. The van der Waals surface area contributed by atoms with Crippen molar-refractivity contribution in [1.82, 2.24) is 9.47 Å². The summed E-state index contributed by atoms with van der Waals surface area (Å²) in [6.07, 6.45) is 3.16. The lowest BCUT2D eigenvalue weighted by molar-refractivity contribution is -0.116. The van der Waals surface area contributed by atoms with Gasteiger partial charge in [-0.2, -0.15) is 0 Å². The molecule has 0 fully saturated rings. The second-order valence-electron chi connectivity index (χ2n) is 7.26. The Morgan fingerprint density at radius 1 is 1.07 bits per heavy atom. The molecule has 0 atom stereocenters.